The number of methoxy groups -OCH3 is 1. The number of likely N-dealkylation sites (N-methyl/N-ethyl adjacent to an activating group) is 1. The summed E-state index contributed by atoms with van der Waals surface area (Å²) in [6, 6.07) is 17.4. The Hall–Kier alpha value is -5.78. The molecule has 4 atom stereocenters. The van der Waals surface area contributed by atoms with Crippen molar-refractivity contribution < 1.29 is 37.8 Å². The number of amides is 4. The van der Waals surface area contributed by atoms with E-state index in [1.54, 1.807) is 27.2 Å². The third kappa shape index (κ3) is 8.88. The lowest BCUT2D eigenvalue weighted by Crippen LogP contribution is -2.63. The number of cyclic esters (lactones) is 1. The van der Waals surface area contributed by atoms with Gasteiger partial charge in [-0.1, -0.05) is 76.8 Å². The smallest absolute Gasteiger partial charge is 0.315 e. The van der Waals surface area contributed by atoms with E-state index in [-0.39, 0.29) is 61.9 Å². The van der Waals surface area contributed by atoms with Crippen molar-refractivity contribution in [1.29, 1.82) is 0 Å². The second-order valence-electron chi connectivity index (χ2n) is 19.5. The average molecular weight is 963 g/mol. The minimum Gasteiger partial charge on any atom is -0.465 e. The molecule has 6 bridgehead atoms. The zero-order chi connectivity index (χ0) is 48.8. The lowest BCUT2D eigenvalue weighted by atomic mass is 9.67. The third-order valence-electron chi connectivity index (χ3n) is 14.3. The number of thiocarbonyl (C=S) groups is 1. The predicted molar refractivity (Wildman–Crippen MR) is 263 cm³/mol. The van der Waals surface area contributed by atoms with Crippen molar-refractivity contribution in [2.24, 2.45) is 17.3 Å². The number of rotatable bonds is 8. The maximum Gasteiger partial charge on any atom is 0.315 e. The highest BCUT2D eigenvalue weighted by atomic mass is 32.1. The Labute approximate surface area is 404 Å². The number of aryl methyl sites for hydroxylation is 1. The van der Waals surface area contributed by atoms with Crippen LogP contribution in [0.3, 0.4) is 0 Å². The van der Waals surface area contributed by atoms with Gasteiger partial charge >= 0.3 is 5.97 Å². The first kappa shape index (κ1) is 48.7. The molecular weight excluding hydrogens is 902 g/mol. The summed E-state index contributed by atoms with van der Waals surface area (Å²) in [6.07, 6.45) is 2.79. The minimum atomic E-state index is -2.60. The predicted octanol–water partition coefficient (Wildman–Crippen LogP) is 7.19. The molecule has 5 heterocycles. The zero-order valence-electron chi connectivity index (χ0n) is 39.9. The number of aromatic nitrogens is 2. The summed E-state index contributed by atoms with van der Waals surface area (Å²) in [7, 11) is 0.505. The Morgan fingerprint density at radius 2 is 1.84 bits per heavy atom. The Kier molecular flexibility index (Phi) is 13.8. The minimum absolute atomic E-state index is 0.0318. The summed E-state index contributed by atoms with van der Waals surface area (Å²) in [5.41, 5.74) is 7.32. The molecule has 4 amide bonds. The van der Waals surface area contributed by atoms with Crippen LogP contribution in [0.2, 0.25) is 0 Å². The van der Waals surface area contributed by atoms with E-state index >= 15 is 4.39 Å². The van der Waals surface area contributed by atoms with Crippen molar-refractivity contribution in [1.82, 2.24) is 34.8 Å². The van der Waals surface area contributed by atoms with Gasteiger partial charge in [-0.2, -0.15) is 0 Å². The number of likely N-dealkylation sites (tertiary alicyclic amines) is 1. The molecule has 3 aliphatic heterocycles. The van der Waals surface area contributed by atoms with Crippen molar-refractivity contribution in [3.8, 4) is 22.4 Å². The molecule has 17 heteroatoms. The molecule has 0 saturated carbocycles. The first-order chi connectivity index (χ1) is 32.4. The van der Waals surface area contributed by atoms with Crippen molar-refractivity contribution in [2.75, 3.05) is 40.4 Å². The van der Waals surface area contributed by atoms with Crippen LogP contribution in [-0.2, 0) is 41.2 Å². The number of piperidine rings is 1. The van der Waals surface area contributed by atoms with Crippen LogP contribution in [-0.4, -0.2) is 120 Å². The van der Waals surface area contributed by atoms with Gasteiger partial charge in [-0.25, -0.2) is 4.39 Å². The van der Waals surface area contributed by atoms with Gasteiger partial charge in [-0.3, -0.25) is 39.4 Å². The Morgan fingerprint density at radius 3 is 2.53 bits per heavy atom. The van der Waals surface area contributed by atoms with Crippen LogP contribution < -0.4 is 10.4 Å². The molecule has 1 aliphatic carbocycles. The third-order valence-corrected chi connectivity index (χ3v) is 16.8. The highest BCUT2D eigenvalue weighted by Crippen LogP contribution is 2.57. The lowest BCUT2D eigenvalue weighted by Gasteiger charge is -2.42. The molecule has 4 aliphatic rings. The van der Waals surface area contributed by atoms with E-state index in [1.165, 1.54) is 17.0 Å². The van der Waals surface area contributed by atoms with E-state index in [2.05, 4.69) is 66.6 Å². The van der Waals surface area contributed by atoms with Crippen LogP contribution in [0.25, 0.3) is 33.3 Å². The number of nitrogens with zero attached hydrogens (tertiary/aromatic N) is 5. The number of fused-ring (bicyclic) bond motifs is 9. The molecule has 8 rings (SSSR count). The summed E-state index contributed by atoms with van der Waals surface area (Å²) in [5, 5.41) is 2.43. The van der Waals surface area contributed by atoms with Gasteiger partial charge in [0.2, 0.25) is 17.3 Å². The maximum absolute atomic E-state index is 16.5. The molecule has 68 heavy (non-hydrogen) atoms. The molecule has 359 valence electrons. The molecule has 2 N–H and O–H groups in total. The van der Waals surface area contributed by atoms with Gasteiger partial charge in [0.15, 0.2) is 5.67 Å². The van der Waals surface area contributed by atoms with E-state index < -0.39 is 67.3 Å². The molecular formula is C51H61FN7O7SSi. The molecule has 2 fully saturated rings. The molecule has 2 aromatic heterocycles. The second-order valence-corrected chi connectivity index (χ2v) is 21.9. The summed E-state index contributed by atoms with van der Waals surface area (Å²) < 4.78 is 31.4. The first-order valence-corrected chi connectivity index (χ1v) is 25.6. The van der Waals surface area contributed by atoms with Crippen LogP contribution >= 0.6 is 12.2 Å². The van der Waals surface area contributed by atoms with Crippen LogP contribution in [0.5, 0.6) is 0 Å². The van der Waals surface area contributed by atoms with Crippen LogP contribution in [0.1, 0.15) is 89.1 Å². The quantitative estimate of drug-likeness (QED) is 0.0803. The number of benzene rings is 2. The van der Waals surface area contributed by atoms with E-state index in [4.69, 9.17) is 26.7 Å². The number of hydrogen-bond donors (Lipinski definition) is 2. The van der Waals surface area contributed by atoms with E-state index in [0.717, 1.165) is 61.1 Å². The van der Waals surface area contributed by atoms with Crippen molar-refractivity contribution in [2.45, 2.75) is 96.6 Å². The standard InChI is InChI=1S/C51H61FN7O7SSi/c1-9-38(60)57-24-20-51(52,21-25-57)48(63)56(7)42(30(3)4)45(61)55-68-28-31-14-11-15-32(26-31)33-18-19-37-36(27-33)39-40(44(65-8)41-34(16-12-22-53-41)43(39)58(37)10-2)50(5,6)29-66-47(62)35-17-13-23-59(49(68)64)54-46(35)67/h9,11-12,14-16,18-19,22,26-27,30,35,40,42,44H,1,10,13,17,20-21,23-25,28-29H2,2-8H3,(H,54,67)(H,55,61)/t35-,40?,42+,44+/m1/s1. The molecule has 2 saturated heterocycles. The number of carbonyl (C=O) groups excluding carboxylic acids is 5. The summed E-state index contributed by atoms with van der Waals surface area (Å²) in [4.78, 5) is 80.6. The zero-order valence-corrected chi connectivity index (χ0v) is 41.7. The van der Waals surface area contributed by atoms with Crippen molar-refractivity contribution in [3.05, 3.63) is 90.3 Å². The Bertz CT molecular complexity index is 2680. The monoisotopic (exact) mass is 962 g/mol. The van der Waals surface area contributed by atoms with Gasteiger partial charge in [0.1, 0.15) is 23.1 Å². The summed E-state index contributed by atoms with van der Waals surface area (Å²) in [5.74, 6) is -3.88. The fourth-order valence-electron chi connectivity index (χ4n) is 10.8. The maximum atomic E-state index is 16.5. The van der Waals surface area contributed by atoms with E-state index in [9.17, 15) is 24.0 Å². The lowest BCUT2D eigenvalue weighted by molar-refractivity contribution is -0.153. The Morgan fingerprint density at radius 1 is 1.10 bits per heavy atom. The molecule has 0 spiro atoms. The number of halogens is 1. The molecule has 14 nitrogen and oxygen atoms in total. The van der Waals surface area contributed by atoms with Crippen LogP contribution in [0.4, 0.5) is 9.18 Å². The fourth-order valence-corrected chi connectivity index (χ4v) is 13.0. The van der Waals surface area contributed by atoms with Gasteiger partial charge in [0.05, 0.1) is 18.0 Å². The number of nitrogens with one attached hydrogen (secondary N) is 2. The van der Waals surface area contributed by atoms with Gasteiger partial charge in [-0.05, 0) is 84.3 Å². The van der Waals surface area contributed by atoms with Crippen molar-refractivity contribution >= 4 is 66.3 Å². The number of esters is 1. The molecule has 4 aromatic rings. The summed E-state index contributed by atoms with van der Waals surface area (Å²) >= 11 is 5.86. The average Bonchev–Trinajstić information content (AvgIpc) is 3.52. The normalized spacial score (nSPS) is 22.0. The van der Waals surface area contributed by atoms with E-state index in [0.29, 0.717) is 19.4 Å². The van der Waals surface area contributed by atoms with Gasteiger partial charge in [-0.15, -0.1) is 0 Å². The van der Waals surface area contributed by atoms with Crippen LogP contribution in [0, 0.1) is 17.3 Å². The topological polar surface area (TPSA) is 155 Å². The highest BCUT2D eigenvalue weighted by Gasteiger charge is 2.49. The fraction of sp³-hybridized carbons (Fsp3) is 0.471. The molecule has 1 unspecified atom stereocenters. The highest BCUT2D eigenvalue weighted by molar-refractivity contribution is 7.80. The summed E-state index contributed by atoms with van der Waals surface area (Å²) in [6.45, 7) is 14.4. The number of hydrogen-bond acceptors (Lipinski definition) is 9. The largest absolute Gasteiger partial charge is 0.465 e. The van der Waals surface area contributed by atoms with Crippen molar-refractivity contribution in [3.63, 3.8) is 0 Å². The van der Waals surface area contributed by atoms with Crippen LogP contribution in [0.15, 0.2) is 73.4 Å². The number of pyridine rings is 1. The second kappa shape index (κ2) is 19.3. The van der Waals surface area contributed by atoms with Gasteiger partial charge in [0.25, 0.3) is 14.9 Å². The molecule has 2 aromatic carbocycles. The number of hydrazine groups is 1. The number of alkyl halides is 1. The Balaban J connectivity index is 1.20. The molecule has 1 radical (unpaired) electrons. The van der Waals surface area contributed by atoms with Gasteiger partial charge in [0, 0.05) is 87.2 Å². The van der Waals surface area contributed by atoms with Gasteiger partial charge < -0.3 is 28.8 Å². The first-order valence-electron chi connectivity index (χ1n) is 23.5. The number of ether oxygens (including phenoxy) is 2. The van der Waals surface area contributed by atoms with E-state index in [1.807, 2.05) is 30.3 Å². The SMILES string of the molecule is C=CC(=O)N1CCC(F)(C(=O)N(C)[C@H](C(=O)N[Si]2Cc3cccc(c3)-c3ccc4c(c3)c3c(n4CC)-c4cccnc4[C@@H](OC)C3C(C)(C)COC(=O)[C@@H]3CCCN(NC3=S)C2=O)C(C)C)CC1. The number of carbonyl (C=O) groups is 5.